The Morgan fingerprint density at radius 1 is 0.780 bits per heavy atom. The number of carbonyl (C=O) groups excluding carboxylic acids is 1. The van der Waals surface area contributed by atoms with Crippen molar-refractivity contribution in [2.75, 3.05) is 0 Å². The molecule has 0 aliphatic carbocycles. The van der Waals surface area contributed by atoms with Gasteiger partial charge in [-0.25, -0.2) is 0 Å². The summed E-state index contributed by atoms with van der Waals surface area (Å²) in [6, 6.07) is 5.67. The number of fused-ring (bicyclic) bond motifs is 1. The molecule has 0 bridgehead atoms. The van der Waals surface area contributed by atoms with E-state index in [1.165, 1.54) is 26.0 Å². The molecule has 0 spiro atoms. The maximum atomic E-state index is 13.1. The molecule has 3 aromatic rings. The van der Waals surface area contributed by atoms with E-state index in [0.717, 1.165) is 18.2 Å². The van der Waals surface area contributed by atoms with Crippen LogP contribution in [-0.2, 0) is 19.0 Å². The van der Waals surface area contributed by atoms with Crippen LogP contribution >= 0.6 is 0 Å². The first-order valence-electron chi connectivity index (χ1n) is 12.6. The number of hydrogen-bond donors (Lipinski definition) is 8. The molecule has 5 rings (SSSR count). The number of ether oxygens (including phenoxy) is 3. The van der Waals surface area contributed by atoms with Crippen LogP contribution in [-0.4, -0.2) is 95.7 Å². The van der Waals surface area contributed by atoms with Gasteiger partial charge in [-0.2, -0.15) is 0 Å². The minimum absolute atomic E-state index is 0.0651. The van der Waals surface area contributed by atoms with Gasteiger partial charge in [-0.3, -0.25) is 9.59 Å². The molecule has 2 aromatic carbocycles. The third kappa shape index (κ3) is 4.89. The Balaban J connectivity index is 1.58. The van der Waals surface area contributed by atoms with Crippen LogP contribution in [0.25, 0.3) is 22.3 Å². The molecule has 0 radical (unpaired) electrons. The van der Waals surface area contributed by atoms with Gasteiger partial charge in [0.1, 0.15) is 58.7 Å². The van der Waals surface area contributed by atoms with Crippen LogP contribution in [0.15, 0.2) is 39.5 Å². The largest absolute Gasteiger partial charge is 0.507 e. The summed E-state index contributed by atoms with van der Waals surface area (Å²) in [6.07, 6.45) is -14.1. The molecular formula is C27H28O14. The third-order valence-electron chi connectivity index (χ3n) is 7.30. The zero-order chi connectivity index (χ0) is 29.9. The van der Waals surface area contributed by atoms with Crippen LogP contribution in [0.3, 0.4) is 0 Å². The molecule has 2 saturated heterocycles. The first kappa shape index (κ1) is 28.8. The summed E-state index contributed by atoms with van der Waals surface area (Å²) in [5.41, 5.74) is -1.32. The average Bonchev–Trinajstić information content (AvgIpc) is 2.92. The summed E-state index contributed by atoms with van der Waals surface area (Å²) >= 11 is 0. The van der Waals surface area contributed by atoms with Crippen LogP contribution in [0.4, 0.5) is 0 Å². The quantitative estimate of drug-likeness (QED) is 0.189. The second kappa shape index (κ2) is 10.6. The molecule has 220 valence electrons. The van der Waals surface area contributed by atoms with Gasteiger partial charge < -0.3 is 59.5 Å². The second-order valence-electron chi connectivity index (χ2n) is 10.1. The van der Waals surface area contributed by atoms with E-state index >= 15 is 0 Å². The highest BCUT2D eigenvalue weighted by atomic mass is 16.7. The van der Waals surface area contributed by atoms with Crippen molar-refractivity contribution in [1.29, 1.82) is 0 Å². The van der Waals surface area contributed by atoms with Crippen molar-refractivity contribution in [2.45, 2.75) is 69.0 Å². The van der Waals surface area contributed by atoms with Crippen LogP contribution in [0.5, 0.6) is 23.0 Å². The maximum absolute atomic E-state index is 13.1. The van der Waals surface area contributed by atoms with Crippen molar-refractivity contribution < 1.29 is 64.3 Å². The molecule has 2 fully saturated rings. The van der Waals surface area contributed by atoms with Gasteiger partial charge in [0.05, 0.1) is 17.8 Å². The zero-order valence-corrected chi connectivity index (χ0v) is 21.6. The molecule has 1 aromatic heterocycles. The lowest BCUT2D eigenvalue weighted by atomic mass is 9.90. The molecule has 14 heteroatoms. The number of aliphatic hydroxyl groups is 4. The molecule has 2 aliphatic rings. The summed E-state index contributed by atoms with van der Waals surface area (Å²) < 4.78 is 22.5. The van der Waals surface area contributed by atoms with Crippen molar-refractivity contribution in [3.63, 3.8) is 0 Å². The molecule has 0 amide bonds. The van der Waals surface area contributed by atoms with Crippen molar-refractivity contribution >= 4 is 16.8 Å². The van der Waals surface area contributed by atoms with E-state index < -0.39 is 100 Å². The predicted octanol–water partition coefficient (Wildman–Crippen LogP) is -0.115. The Kier molecular flexibility index (Phi) is 7.42. The fourth-order valence-electron chi connectivity index (χ4n) is 4.96. The summed E-state index contributed by atoms with van der Waals surface area (Å²) in [5, 5.41) is 82.0. The summed E-state index contributed by atoms with van der Waals surface area (Å²) in [6.45, 7) is 2.74. The van der Waals surface area contributed by atoms with Crippen molar-refractivity contribution in [1.82, 2.24) is 0 Å². The highest BCUT2D eigenvalue weighted by molar-refractivity contribution is 5.92. The lowest BCUT2D eigenvalue weighted by molar-refractivity contribution is -0.314. The van der Waals surface area contributed by atoms with E-state index in [1.807, 2.05) is 0 Å². The second-order valence-corrected chi connectivity index (χ2v) is 10.1. The Hall–Kier alpha value is -3.76. The van der Waals surface area contributed by atoms with Crippen LogP contribution < -0.4 is 5.43 Å². The fourth-order valence-corrected chi connectivity index (χ4v) is 4.96. The molecule has 2 aliphatic heterocycles. The number of phenols is 4. The lowest BCUT2D eigenvalue weighted by Gasteiger charge is -2.43. The van der Waals surface area contributed by atoms with E-state index in [4.69, 9.17) is 18.6 Å². The standard InChI is InChI=1S/C27H28O14/c1-8-20(33)23(36)26(41-27-24(37)22(35)19(32)9(2)39-27)25(38-8)18-14(31)7-16-17(21(18)34)13(30)6-15(40-16)10-3-4-11(28)12(29)5-10/h3-9,19-20,22,24-29,31-35,37H,1-2H3/t8-,9-,19-,20-,22+,24+,25+,26-,27-/m0/s1. The van der Waals surface area contributed by atoms with Crippen molar-refractivity contribution in [3.05, 3.63) is 46.1 Å². The predicted molar refractivity (Wildman–Crippen MR) is 136 cm³/mol. The topological polar surface area (TPSA) is 237 Å². The number of carbonyl (C=O) groups is 1. The summed E-state index contributed by atoms with van der Waals surface area (Å²) in [7, 11) is 0. The van der Waals surface area contributed by atoms with Gasteiger partial charge in [0.15, 0.2) is 35.1 Å². The van der Waals surface area contributed by atoms with Gasteiger partial charge in [0.2, 0.25) is 0 Å². The van der Waals surface area contributed by atoms with Crippen molar-refractivity contribution in [2.24, 2.45) is 0 Å². The van der Waals surface area contributed by atoms with Gasteiger partial charge in [-0.1, -0.05) is 0 Å². The van der Waals surface area contributed by atoms with Gasteiger partial charge in [0.25, 0.3) is 0 Å². The van der Waals surface area contributed by atoms with Crippen molar-refractivity contribution in [3.8, 4) is 34.3 Å². The summed E-state index contributed by atoms with van der Waals surface area (Å²) in [4.78, 5) is 26.3. The highest BCUT2D eigenvalue weighted by Gasteiger charge is 2.50. The Labute approximate surface area is 230 Å². The number of phenolic OH excluding ortho intramolecular Hbond substituents is 4. The fraction of sp³-hybridized carbons (Fsp3) is 0.407. The van der Waals surface area contributed by atoms with Gasteiger partial charge >= 0.3 is 0 Å². The number of hydrogen-bond acceptors (Lipinski definition) is 14. The van der Waals surface area contributed by atoms with Crippen LogP contribution in [0.2, 0.25) is 0 Å². The number of aliphatic hydroxyl groups excluding tert-OH is 4. The molecule has 8 N–H and O–H groups in total. The average molecular weight is 577 g/mol. The van der Waals surface area contributed by atoms with Crippen LogP contribution in [0.1, 0.15) is 25.5 Å². The first-order valence-corrected chi connectivity index (χ1v) is 12.6. The number of rotatable bonds is 4. The maximum Gasteiger partial charge on any atom is 0.197 e. The zero-order valence-electron chi connectivity index (χ0n) is 21.6. The minimum Gasteiger partial charge on any atom is -0.507 e. The highest BCUT2D eigenvalue weighted by Crippen LogP contribution is 2.45. The molecule has 0 saturated carbocycles. The van der Waals surface area contributed by atoms with E-state index in [2.05, 4.69) is 0 Å². The summed E-state index contributed by atoms with van der Waals surface area (Å²) in [5.74, 6) is -3.42. The van der Waals surface area contributed by atoms with E-state index in [-0.39, 0.29) is 16.9 Å². The molecule has 0 unspecified atom stereocenters. The Morgan fingerprint density at radius 2 is 1.49 bits per heavy atom. The molecule has 14 nitrogen and oxygen atoms in total. The Bertz CT molecular complexity index is 1550. The molecular weight excluding hydrogens is 548 g/mol. The van der Waals surface area contributed by atoms with Gasteiger partial charge in [0, 0.05) is 17.7 Å². The smallest absolute Gasteiger partial charge is 0.197 e. The van der Waals surface area contributed by atoms with E-state index in [9.17, 15) is 50.4 Å². The van der Waals surface area contributed by atoms with E-state index in [1.54, 1.807) is 0 Å². The lowest BCUT2D eigenvalue weighted by Crippen LogP contribution is -2.60. The molecule has 3 heterocycles. The molecule has 9 atom stereocenters. The number of ketones is 1. The monoisotopic (exact) mass is 576 g/mol. The number of Topliss-reactive ketones (excluding diaryl/α,β-unsaturated/α-hetero) is 1. The molecule has 41 heavy (non-hydrogen) atoms. The third-order valence-corrected chi connectivity index (χ3v) is 7.30. The SMILES string of the molecule is C[C@@H]1O[C@@H](O[C@H]2C(=O)[C@@H](O)[C@H](C)O[C@@H]2c2c(O)cc3oc(-c4ccc(O)c(O)c4)cc(=O)c3c2O)[C@H](O)[C@H](O)[C@H]1O. The normalized spacial score (nSPS) is 32.3. The number of benzene rings is 2. The Morgan fingerprint density at radius 3 is 2.17 bits per heavy atom. The van der Waals surface area contributed by atoms with Crippen LogP contribution in [0, 0.1) is 0 Å². The minimum atomic E-state index is -1.82. The van der Waals surface area contributed by atoms with E-state index in [0.29, 0.717) is 0 Å². The first-order chi connectivity index (χ1) is 19.3. The van der Waals surface area contributed by atoms with Gasteiger partial charge in [-0.15, -0.1) is 0 Å². The van der Waals surface area contributed by atoms with Gasteiger partial charge in [-0.05, 0) is 32.0 Å². The number of aromatic hydroxyl groups is 4.